The Balaban J connectivity index is 0.00000200. The van der Waals surface area contributed by atoms with Gasteiger partial charge in [-0.05, 0) is 18.4 Å². The highest BCUT2D eigenvalue weighted by atomic mass is 35.5. The lowest BCUT2D eigenvalue weighted by molar-refractivity contribution is 0.154. The van der Waals surface area contributed by atoms with E-state index in [1.807, 2.05) is 12.1 Å². The molecule has 21 heavy (non-hydrogen) atoms. The fraction of sp³-hybridized carbons (Fsp3) is 0.643. The fourth-order valence-electron chi connectivity index (χ4n) is 2.58. The van der Waals surface area contributed by atoms with Crippen molar-refractivity contribution in [3.05, 3.63) is 28.0 Å². The van der Waals surface area contributed by atoms with E-state index >= 15 is 0 Å². The molecule has 3 nitrogen and oxygen atoms in total. The Morgan fingerprint density at radius 1 is 1.19 bits per heavy atom. The Bertz CT molecular complexity index is 423. The number of hydrogen-bond acceptors (Lipinski definition) is 3. The maximum absolute atomic E-state index is 6.29. The highest BCUT2D eigenvalue weighted by Gasteiger charge is 2.25. The predicted molar refractivity (Wildman–Crippen MR) is 95.4 cm³/mol. The van der Waals surface area contributed by atoms with Crippen LogP contribution in [0.1, 0.15) is 31.9 Å². The van der Waals surface area contributed by atoms with Crippen LogP contribution in [0.15, 0.2) is 12.1 Å². The SMILES string of the molecule is CC(C)C[C@@H](c1ccc(Cl)nc1Cl)N1CCNCC1.Cl.Cl. The molecule has 0 spiro atoms. The minimum Gasteiger partial charge on any atom is -0.314 e. The normalized spacial score (nSPS) is 17.0. The van der Waals surface area contributed by atoms with Gasteiger partial charge in [0.1, 0.15) is 10.3 Å². The molecular formula is C14H23Cl4N3. The Morgan fingerprint density at radius 2 is 1.81 bits per heavy atom. The van der Waals surface area contributed by atoms with E-state index in [-0.39, 0.29) is 24.8 Å². The van der Waals surface area contributed by atoms with Crippen molar-refractivity contribution in [2.75, 3.05) is 26.2 Å². The first-order chi connectivity index (χ1) is 9.08. The lowest BCUT2D eigenvalue weighted by atomic mass is 9.96. The van der Waals surface area contributed by atoms with E-state index in [4.69, 9.17) is 23.2 Å². The Kier molecular flexibility index (Phi) is 10.2. The van der Waals surface area contributed by atoms with E-state index in [9.17, 15) is 0 Å². The monoisotopic (exact) mass is 373 g/mol. The second-order valence-corrected chi connectivity index (χ2v) is 6.19. The summed E-state index contributed by atoms with van der Waals surface area (Å²) in [6.07, 6.45) is 1.09. The summed E-state index contributed by atoms with van der Waals surface area (Å²) in [4.78, 5) is 6.68. The number of piperazine rings is 1. The van der Waals surface area contributed by atoms with Gasteiger partial charge in [0.25, 0.3) is 0 Å². The fourth-order valence-corrected chi connectivity index (χ4v) is 3.06. The first-order valence-electron chi connectivity index (χ1n) is 6.84. The van der Waals surface area contributed by atoms with Crippen molar-refractivity contribution in [2.45, 2.75) is 26.3 Å². The summed E-state index contributed by atoms with van der Waals surface area (Å²) < 4.78 is 0. The molecule has 1 N–H and O–H groups in total. The molecule has 0 bridgehead atoms. The second kappa shape index (κ2) is 10.1. The molecule has 122 valence electrons. The van der Waals surface area contributed by atoms with Gasteiger partial charge < -0.3 is 5.32 Å². The third-order valence-electron chi connectivity index (χ3n) is 3.49. The molecule has 1 fully saturated rings. The molecule has 1 aliphatic heterocycles. The van der Waals surface area contributed by atoms with E-state index in [1.165, 1.54) is 0 Å². The number of pyridine rings is 1. The van der Waals surface area contributed by atoms with Crippen molar-refractivity contribution >= 4 is 48.0 Å². The quantitative estimate of drug-likeness (QED) is 0.799. The summed E-state index contributed by atoms with van der Waals surface area (Å²) >= 11 is 12.2. The standard InChI is InChI=1S/C14H21Cl2N3.2ClH/c1-10(2)9-12(19-7-5-17-6-8-19)11-3-4-13(15)18-14(11)16;;/h3-4,10,12,17H,5-9H2,1-2H3;2*1H/t12-;;/m0../s1. The molecule has 2 rings (SSSR count). The number of nitrogens with zero attached hydrogens (tertiary/aromatic N) is 2. The van der Waals surface area contributed by atoms with Gasteiger partial charge in [-0.3, -0.25) is 4.90 Å². The smallest absolute Gasteiger partial charge is 0.135 e. The summed E-state index contributed by atoms with van der Waals surface area (Å²) in [7, 11) is 0. The van der Waals surface area contributed by atoms with Crippen LogP contribution in [0.3, 0.4) is 0 Å². The molecule has 0 unspecified atom stereocenters. The average Bonchev–Trinajstić information content (AvgIpc) is 2.37. The van der Waals surface area contributed by atoms with Gasteiger partial charge in [-0.1, -0.05) is 43.1 Å². The first-order valence-corrected chi connectivity index (χ1v) is 7.60. The molecule has 7 heteroatoms. The van der Waals surface area contributed by atoms with Gasteiger partial charge in [0.15, 0.2) is 0 Å². The van der Waals surface area contributed by atoms with Crippen molar-refractivity contribution in [1.82, 2.24) is 15.2 Å². The van der Waals surface area contributed by atoms with Gasteiger partial charge in [-0.2, -0.15) is 0 Å². The number of halogens is 4. The van der Waals surface area contributed by atoms with Crippen molar-refractivity contribution < 1.29 is 0 Å². The zero-order chi connectivity index (χ0) is 13.8. The number of aromatic nitrogens is 1. The molecule has 1 aromatic rings. The van der Waals surface area contributed by atoms with Crippen LogP contribution in [-0.2, 0) is 0 Å². The Labute approximate surface area is 149 Å². The van der Waals surface area contributed by atoms with E-state index in [2.05, 4.69) is 29.0 Å². The highest BCUT2D eigenvalue weighted by Crippen LogP contribution is 2.32. The largest absolute Gasteiger partial charge is 0.314 e. The van der Waals surface area contributed by atoms with Crippen molar-refractivity contribution in [3.8, 4) is 0 Å². The molecule has 1 atom stereocenters. The molecule has 1 saturated heterocycles. The van der Waals surface area contributed by atoms with Gasteiger partial charge >= 0.3 is 0 Å². The van der Waals surface area contributed by atoms with Crippen LogP contribution in [0.4, 0.5) is 0 Å². The molecule has 0 radical (unpaired) electrons. The van der Waals surface area contributed by atoms with Crippen molar-refractivity contribution in [1.29, 1.82) is 0 Å². The van der Waals surface area contributed by atoms with Crippen LogP contribution in [0.2, 0.25) is 10.3 Å². The Morgan fingerprint density at radius 3 is 2.33 bits per heavy atom. The van der Waals surface area contributed by atoms with Gasteiger partial charge in [-0.15, -0.1) is 24.8 Å². The van der Waals surface area contributed by atoms with Crippen molar-refractivity contribution in [2.24, 2.45) is 5.92 Å². The Hall–Kier alpha value is 0.230. The second-order valence-electron chi connectivity index (χ2n) is 5.45. The third-order valence-corrected chi connectivity index (χ3v) is 4.00. The lowest BCUT2D eigenvalue weighted by Crippen LogP contribution is -2.45. The zero-order valence-electron chi connectivity index (χ0n) is 12.3. The predicted octanol–water partition coefficient (Wildman–Crippen LogP) is 4.22. The van der Waals surface area contributed by atoms with Crippen molar-refractivity contribution in [3.63, 3.8) is 0 Å². The molecule has 1 aromatic heterocycles. The minimum atomic E-state index is 0. The van der Waals surface area contributed by atoms with Crippen LogP contribution >= 0.6 is 48.0 Å². The summed E-state index contributed by atoms with van der Waals surface area (Å²) in [5, 5.41) is 4.38. The number of nitrogens with one attached hydrogen (secondary N) is 1. The zero-order valence-corrected chi connectivity index (χ0v) is 15.5. The molecule has 0 amide bonds. The maximum Gasteiger partial charge on any atom is 0.135 e. The minimum absolute atomic E-state index is 0. The van der Waals surface area contributed by atoms with Crippen LogP contribution in [0.5, 0.6) is 0 Å². The van der Waals surface area contributed by atoms with Crippen LogP contribution in [-0.4, -0.2) is 36.1 Å². The van der Waals surface area contributed by atoms with Gasteiger partial charge in [0, 0.05) is 37.8 Å². The van der Waals surface area contributed by atoms with E-state index in [1.54, 1.807) is 0 Å². The molecule has 2 heterocycles. The molecule has 0 aromatic carbocycles. The molecule has 1 aliphatic rings. The van der Waals surface area contributed by atoms with Gasteiger partial charge in [-0.25, -0.2) is 4.98 Å². The lowest BCUT2D eigenvalue weighted by Gasteiger charge is -2.36. The van der Waals surface area contributed by atoms with Crippen LogP contribution in [0, 0.1) is 5.92 Å². The number of hydrogen-bond donors (Lipinski definition) is 1. The average molecular weight is 375 g/mol. The summed E-state index contributed by atoms with van der Waals surface area (Å²) in [6.45, 7) is 8.66. The highest BCUT2D eigenvalue weighted by molar-refractivity contribution is 6.32. The number of rotatable bonds is 4. The van der Waals surface area contributed by atoms with E-state index in [0.29, 0.717) is 22.3 Å². The van der Waals surface area contributed by atoms with Crippen LogP contribution < -0.4 is 5.32 Å². The summed E-state index contributed by atoms with van der Waals surface area (Å²) in [5.74, 6) is 0.617. The topological polar surface area (TPSA) is 28.2 Å². The van der Waals surface area contributed by atoms with Gasteiger partial charge in [0.05, 0.1) is 0 Å². The molecule has 0 aliphatic carbocycles. The summed E-state index contributed by atoms with van der Waals surface area (Å²) in [6, 6.07) is 4.18. The molecular weight excluding hydrogens is 352 g/mol. The van der Waals surface area contributed by atoms with E-state index < -0.39 is 0 Å². The van der Waals surface area contributed by atoms with Gasteiger partial charge in [0.2, 0.25) is 0 Å². The maximum atomic E-state index is 6.29. The van der Waals surface area contributed by atoms with E-state index in [0.717, 1.165) is 38.2 Å². The van der Waals surface area contributed by atoms with Crippen LogP contribution in [0.25, 0.3) is 0 Å². The summed E-state index contributed by atoms with van der Waals surface area (Å²) in [5.41, 5.74) is 1.10. The first kappa shape index (κ1) is 21.2. The molecule has 0 saturated carbocycles. The third kappa shape index (κ3) is 6.09.